The molecule has 0 aliphatic heterocycles. The van der Waals surface area contributed by atoms with E-state index in [1.165, 1.54) is 0 Å². The second kappa shape index (κ2) is 5.65. The van der Waals surface area contributed by atoms with Gasteiger partial charge in [0.15, 0.2) is 0 Å². The van der Waals surface area contributed by atoms with Crippen molar-refractivity contribution in [2.75, 3.05) is 6.54 Å². The molecule has 0 radical (unpaired) electrons. The van der Waals surface area contributed by atoms with E-state index in [-0.39, 0.29) is 0 Å². The van der Waals surface area contributed by atoms with Gasteiger partial charge in [-0.15, -0.1) is 0 Å². The van der Waals surface area contributed by atoms with E-state index in [0.717, 1.165) is 5.56 Å². The molecule has 0 atom stereocenters. The van der Waals surface area contributed by atoms with E-state index in [9.17, 15) is 8.42 Å². The molecule has 0 aliphatic carbocycles. The summed E-state index contributed by atoms with van der Waals surface area (Å²) in [5.74, 6) is 0.633. The van der Waals surface area contributed by atoms with Crippen LogP contribution in [0.2, 0.25) is 0 Å². The fourth-order valence-corrected chi connectivity index (χ4v) is 2.67. The van der Waals surface area contributed by atoms with Crippen LogP contribution in [0.25, 0.3) is 0 Å². The number of sulfonamides is 1. The van der Waals surface area contributed by atoms with Gasteiger partial charge in [-0.25, -0.2) is 13.1 Å². The quantitative estimate of drug-likeness (QED) is 0.879. The lowest BCUT2D eigenvalue weighted by atomic mass is 10.0. The molecule has 0 bridgehead atoms. The second-order valence-electron chi connectivity index (χ2n) is 4.97. The van der Waals surface area contributed by atoms with Gasteiger partial charge in [0, 0.05) is 6.54 Å². The Morgan fingerprint density at radius 3 is 2.35 bits per heavy atom. The van der Waals surface area contributed by atoms with E-state index in [0.29, 0.717) is 23.3 Å². The third kappa shape index (κ3) is 4.13. The summed E-state index contributed by atoms with van der Waals surface area (Å²) in [6.07, 6.45) is 0. The summed E-state index contributed by atoms with van der Waals surface area (Å²) in [5.41, 5.74) is 1.04. The van der Waals surface area contributed by atoms with Crippen LogP contribution in [0.1, 0.15) is 39.2 Å². The molecular weight excluding hydrogens is 234 g/mol. The Labute approximate surface area is 104 Å². The molecule has 0 unspecified atom stereocenters. The Morgan fingerprint density at radius 2 is 1.82 bits per heavy atom. The first-order chi connectivity index (χ1) is 7.83. The van der Waals surface area contributed by atoms with Gasteiger partial charge in [0.05, 0.1) is 4.90 Å². The van der Waals surface area contributed by atoms with Crippen LogP contribution < -0.4 is 4.72 Å². The average molecular weight is 255 g/mol. The maximum Gasteiger partial charge on any atom is 0.240 e. The zero-order chi connectivity index (χ0) is 13.1. The SMILES string of the molecule is CC(C)CNS(=O)(=O)c1cccc(C(C)C)c1. The third-order valence-electron chi connectivity index (χ3n) is 2.52. The van der Waals surface area contributed by atoms with Crippen molar-refractivity contribution in [2.45, 2.75) is 38.5 Å². The Bertz CT molecular complexity index is 464. The largest absolute Gasteiger partial charge is 0.240 e. The molecule has 1 aromatic carbocycles. The first-order valence-electron chi connectivity index (χ1n) is 5.92. The van der Waals surface area contributed by atoms with Crippen LogP contribution in [0.15, 0.2) is 29.2 Å². The van der Waals surface area contributed by atoms with Crippen molar-refractivity contribution in [3.63, 3.8) is 0 Å². The minimum Gasteiger partial charge on any atom is -0.211 e. The van der Waals surface area contributed by atoms with Crippen molar-refractivity contribution in [1.82, 2.24) is 4.72 Å². The maximum absolute atomic E-state index is 12.0. The molecule has 0 aromatic heterocycles. The minimum absolute atomic E-state index is 0.304. The molecule has 1 rings (SSSR count). The highest BCUT2D eigenvalue weighted by Gasteiger charge is 2.14. The number of rotatable bonds is 5. The highest BCUT2D eigenvalue weighted by molar-refractivity contribution is 7.89. The molecule has 0 amide bonds. The Hall–Kier alpha value is -0.870. The lowest BCUT2D eigenvalue weighted by Crippen LogP contribution is -2.27. The normalized spacial score (nSPS) is 12.4. The van der Waals surface area contributed by atoms with Gasteiger partial charge in [0.25, 0.3) is 0 Å². The van der Waals surface area contributed by atoms with Crippen LogP contribution in [-0.2, 0) is 10.0 Å². The fraction of sp³-hybridized carbons (Fsp3) is 0.538. The molecule has 0 saturated heterocycles. The predicted octanol–water partition coefficient (Wildman–Crippen LogP) is 2.74. The highest BCUT2D eigenvalue weighted by Crippen LogP contribution is 2.18. The summed E-state index contributed by atoms with van der Waals surface area (Å²) in [5, 5.41) is 0. The van der Waals surface area contributed by atoms with Gasteiger partial charge in [-0.2, -0.15) is 0 Å². The summed E-state index contributed by atoms with van der Waals surface area (Å²) in [6, 6.07) is 7.12. The summed E-state index contributed by atoms with van der Waals surface area (Å²) < 4.78 is 26.6. The average Bonchev–Trinajstić information content (AvgIpc) is 2.27. The first-order valence-corrected chi connectivity index (χ1v) is 7.41. The molecule has 1 N–H and O–H groups in total. The van der Waals surface area contributed by atoms with E-state index < -0.39 is 10.0 Å². The zero-order valence-electron chi connectivity index (χ0n) is 10.9. The monoisotopic (exact) mass is 255 g/mol. The van der Waals surface area contributed by atoms with Gasteiger partial charge in [-0.1, -0.05) is 39.8 Å². The summed E-state index contributed by atoms with van der Waals surface area (Å²) >= 11 is 0. The molecule has 0 spiro atoms. The van der Waals surface area contributed by atoms with Crippen molar-refractivity contribution in [2.24, 2.45) is 5.92 Å². The molecule has 96 valence electrons. The van der Waals surface area contributed by atoms with Gasteiger partial charge < -0.3 is 0 Å². The van der Waals surface area contributed by atoms with Crippen LogP contribution >= 0.6 is 0 Å². The predicted molar refractivity (Wildman–Crippen MR) is 70.6 cm³/mol. The summed E-state index contributed by atoms with van der Waals surface area (Å²) in [4.78, 5) is 0.351. The Balaban J connectivity index is 2.95. The third-order valence-corrected chi connectivity index (χ3v) is 3.94. The molecule has 0 aliphatic rings. The fourth-order valence-electron chi connectivity index (χ4n) is 1.40. The number of nitrogens with one attached hydrogen (secondary N) is 1. The van der Waals surface area contributed by atoms with Gasteiger partial charge in [0.1, 0.15) is 0 Å². The van der Waals surface area contributed by atoms with Gasteiger partial charge in [0.2, 0.25) is 10.0 Å². The van der Waals surface area contributed by atoms with Crippen LogP contribution in [0, 0.1) is 5.92 Å². The smallest absolute Gasteiger partial charge is 0.211 e. The topological polar surface area (TPSA) is 46.2 Å². The number of benzene rings is 1. The maximum atomic E-state index is 12.0. The van der Waals surface area contributed by atoms with Crippen molar-refractivity contribution in [3.05, 3.63) is 29.8 Å². The number of hydrogen-bond donors (Lipinski definition) is 1. The second-order valence-corrected chi connectivity index (χ2v) is 6.74. The van der Waals surface area contributed by atoms with Crippen LogP contribution in [0.4, 0.5) is 0 Å². The van der Waals surface area contributed by atoms with Crippen molar-refractivity contribution < 1.29 is 8.42 Å². The standard InChI is InChI=1S/C13H21NO2S/c1-10(2)9-14-17(15,16)13-7-5-6-12(8-13)11(3)4/h5-8,10-11,14H,9H2,1-4H3. The zero-order valence-corrected chi connectivity index (χ0v) is 11.7. The van der Waals surface area contributed by atoms with Gasteiger partial charge in [-0.05, 0) is 29.5 Å². The Morgan fingerprint density at radius 1 is 1.18 bits per heavy atom. The molecule has 17 heavy (non-hydrogen) atoms. The van der Waals surface area contributed by atoms with Gasteiger partial charge in [-0.3, -0.25) is 0 Å². The van der Waals surface area contributed by atoms with Crippen LogP contribution in [0.3, 0.4) is 0 Å². The van der Waals surface area contributed by atoms with Crippen molar-refractivity contribution in [1.29, 1.82) is 0 Å². The molecule has 1 aromatic rings. The van der Waals surface area contributed by atoms with E-state index >= 15 is 0 Å². The molecular formula is C13H21NO2S. The summed E-state index contributed by atoms with van der Waals surface area (Å²) in [7, 11) is -3.36. The molecule has 4 heteroatoms. The van der Waals surface area contributed by atoms with E-state index in [4.69, 9.17) is 0 Å². The Kier molecular flexibility index (Phi) is 4.71. The van der Waals surface area contributed by atoms with Crippen LogP contribution in [-0.4, -0.2) is 15.0 Å². The molecule has 0 heterocycles. The van der Waals surface area contributed by atoms with Crippen LogP contribution in [0.5, 0.6) is 0 Å². The molecule has 3 nitrogen and oxygen atoms in total. The minimum atomic E-state index is -3.36. The highest BCUT2D eigenvalue weighted by atomic mass is 32.2. The van der Waals surface area contributed by atoms with E-state index in [1.54, 1.807) is 18.2 Å². The van der Waals surface area contributed by atoms with Crippen molar-refractivity contribution >= 4 is 10.0 Å². The first kappa shape index (κ1) is 14.2. The van der Waals surface area contributed by atoms with E-state index in [1.807, 2.05) is 33.8 Å². The number of hydrogen-bond acceptors (Lipinski definition) is 2. The van der Waals surface area contributed by atoms with E-state index in [2.05, 4.69) is 4.72 Å². The van der Waals surface area contributed by atoms with Gasteiger partial charge >= 0.3 is 0 Å². The van der Waals surface area contributed by atoms with Crippen molar-refractivity contribution in [3.8, 4) is 0 Å². The lowest BCUT2D eigenvalue weighted by Gasteiger charge is -2.11. The summed E-state index contributed by atoms with van der Waals surface area (Å²) in [6.45, 7) is 8.52. The lowest BCUT2D eigenvalue weighted by molar-refractivity contribution is 0.560. The molecule has 0 saturated carbocycles. The molecule has 0 fully saturated rings.